The third-order valence-corrected chi connectivity index (χ3v) is 8.62. The molecule has 0 aliphatic heterocycles. The molecule has 0 saturated heterocycles. The Morgan fingerprint density at radius 3 is 2.24 bits per heavy atom. The Balaban J connectivity index is 0.00000420. The third-order valence-electron chi connectivity index (χ3n) is 5.26. The molecule has 3 aromatic rings. The van der Waals surface area contributed by atoms with E-state index in [0.29, 0.717) is 29.8 Å². The summed E-state index contributed by atoms with van der Waals surface area (Å²) in [6.07, 6.45) is 2.43. The number of aryl methyl sites for hydroxylation is 1. The summed E-state index contributed by atoms with van der Waals surface area (Å²) in [5.41, 5.74) is 11.7. The first-order valence-corrected chi connectivity index (χ1v) is 14.7. The van der Waals surface area contributed by atoms with E-state index in [9.17, 15) is 16.8 Å². The number of nitrogens with two attached hydrogens (primary N) is 2. The van der Waals surface area contributed by atoms with Gasteiger partial charge in [-0.05, 0) is 54.0 Å². The lowest BCUT2D eigenvalue weighted by Gasteiger charge is -2.19. The maximum Gasteiger partial charge on any atom is 0.340 e. The number of halogens is 2. The monoisotopic (exact) mass is 649 g/mol. The Hall–Kier alpha value is -3.30. The SMILES string of the molecule is Cc1cc(OCCCON=C(N)N)cc(OS(=O)(=O)c2ccccc2S(=O)(=O)N(C)CCc2ccccn2)c1.Cl.Cl. The van der Waals surface area contributed by atoms with Crippen LogP contribution in [0.25, 0.3) is 0 Å². The minimum atomic E-state index is -4.53. The molecule has 0 bridgehead atoms. The molecule has 16 heteroatoms. The number of hydrogen-bond acceptors (Lipinski definition) is 9. The van der Waals surface area contributed by atoms with E-state index in [1.165, 1.54) is 43.4 Å². The second-order valence-corrected chi connectivity index (χ2v) is 11.9. The van der Waals surface area contributed by atoms with Crippen LogP contribution in [-0.4, -0.2) is 58.9 Å². The van der Waals surface area contributed by atoms with Crippen molar-refractivity contribution in [2.24, 2.45) is 16.6 Å². The average Bonchev–Trinajstić information content (AvgIpc) is 2.89. The molecule has 0 spiro atoms. The van der Waals surface area contributed by atoms with Crippen LogP contribution in [0.15, 0.2) is 81.8 Å². The van der Waals surface area contributed by atoms with Gasteiger partial charge in [-0.25, -0.2) is 12.7 Å². The van der Waals surface area contributed by atoms with Gasteiger partial charge in [0.1, 0.15) is 27.9 Å². The number of rotatable bonds is 14. The number of ether oxygens (including phenoxy) is 1. The Morgan fingerprint density at radius 2 is 1.59 bits per heavy atom. The Morgan fingerprint density at radius 1 is 0.927 bits per heavy atom. The van der Waals surface area contributed by atoms with E-state index in [-0.39, 0.29) is 56.3 Å². The number of benzene rings is 2. The van der Waals surface area contributed by atoms with Gasteiger partial charge >= 0.3 is 10.1 Å². The van der Waals surface area contributed by atoms with E-state index in [1.54, 1.807) is 37.4 Å². The van der Waals surface area contributed by atoms with Crippen LogP contribution in [0.1, 0.15) is 17.7 Å². The Kier molecular flexibility index (Phi) is 14.1. The van der Waals surface area contributed by atoms with Gasteiger partial charge < -0.3 is 25.2 Å². The van der Waals surface area contributed by atoms with Crippen molar-refractivity contribution < 1.29 is 30.6 Å². The molecule has 0 fully saturated rings. The van der Waals surface area contributed by atoms with E-state index in [2.05, 4.69) is 10.1 Å². The number of oxime groups is 1. The molecule has 226 valence electrons. The molecule has 1 heterocycles. The number of hydrogen-bond donors (Lipinski definition) is 2. The van der Waals surface area contributed by atoms with Crippen molar-refractivity contribution in [3.8, 4) is 11.5 Å². The standard InChI is InChI=1S/C25H31N5O7S2.2ClH/c1-19-16-21(35-14-7-15-36-29-25(26)27)18-22(17-19)37-39(33,34)24-10-4-3-9-23(24)38(31,32)30(2)13-11-20-8-5-6-12-28-20;;/h3-6,8-10,12,16-18H,7,11,13-15H2,1-2H3,(H4,26,27,29);2*1H. The van der Waals surface area contributed by atoms with Gasteiger partial charge in [0.2, 0.25) is 16.0 Å². The van der Waals surface area contributed by atoms with Crippen LogP contribution in [0, 0.1) is 6.92 Å². The second kappa shape index (κ2) is 16.2. The van der Waals surface area contributed by atoms with E-state index in [1.807, 2.05) is 0 Å². The van der Waals surface area contributed by atoms with Crippen molar-refractivity contribution >= 4 is 50.9 Å². The highest BCUT2D eigenvalue weighted by Crippen LogP contribution is 2.29. The van der Waals surface area contributed by atoms with E-state index in [0.717, 1.165) is 4.31 Å². The molecule has 41 heavy (non-hydrogen) atoms. The molecule has 3 rings (SSSR count). The van der Waals surface area contributed by atoms with Crippen molar-refractivity contribution in [3.05, 3.63) is 78.1 Å². The molecule has 0 radical (unpaired) electrons. The van der Waals surface area contributed by atoms with Crippen LogP contribution >= 0.6 is 24.8 Å². The average molecular weight is 651 g/mol. The van der Waals surface area contributed by atoms with Crippen LogP contribution in [0.5, 0.6) is 11.5 Å². The molecule has 0 aliphatic rings. The number of sulfonamides is 1. The van der Waals surface area contributed by atoms with Gasteiger partial charge in [-0.3, -0.25) is 4.98 Å². The maximum atomic E-state index is 13.3. The minimum Gasteiger partial charge on any atom is -0.493 e. The summed E-state index contributed by atoms with van der Waals surface area (Å²) in [7, 11) is -7.32. The van der Waals surface area contributed by atoms with Crippen LogP contribution < -0.4 is 20.4 Å². The van der Waals surface area contributed by atoms with Crippen LogP contribution in [0.2, 0.25) is 0 Å². The van der Waals surface area contributed by atoms with Crippen LogP contribution in [0.4, 0.5) is 0 Å². The number of guanidine groups is 1. The molecule has 0 saturated carbocycles. The maximum absolute atomic E-state index is 13.3. The zero-order valence-corrected chi connectivity index (χ0v) is 25.6. The first-order valence-electron chi connectivity index (χ1n) is 11.8. The van der Waals surface area contributed by atoms with Crippen molar-refractivity contribution in [1.82, 2.24) is 9.29 Å². The molecule has 0 atom stereocenters. The van der Waals surface area contributed by atoms with E-state index in [4.69, 9.17) is 25.2 Å². The van der Waals surface area contributed by atoms with Crippen LogP contribution in [-0.2, 0) is 31.4 Å². The smallest absolute Gasteiger partial charge is 0.340 e. The quantitative estimate of drug-likeness (QED) is 0.0867. The van der Waals surface area contributed by atoms with E-state index >= 15 is 0 Å². The fraction of sp³-hybridized carbons (Fsp3) is 0.280. The lowest BCUT2D eigenvalue weighted by atomic mass is 10.2. The lowest BCUT2D eigenvalue weighted by molar-refractivity contribution is 0.127. The highest BCUT2D eigenvalue weighted by molar-refractivity contribution is 7.91. The van der Waals surface area contributed by atoms with Gasteiger partial charge in [-0.1, -0.05) is 18.2 Å². The summed E-state index contributed by atoms with van der Waals surface area (Å²) in [5.74, 6) is 0.137. The summed E-state index contributed by atoms with van der Waals surface area (Å²) in [4.78, 5) is 8.21. The second-order valence-electron chi connectivity index (χ2n) is 8.42. The topological polar surface area (TPSA) is 176 Å². The fourth-order valence-corrected chi connectivity index (χ4v) is 6.29. The molecular weight excluding hydrogens is 617 g/mol. The molecular formula is C25H33Cl2N5O7S2. The minimum absolute atomic E-state index is 0. The molecule has 1 aromatic heterocycles. The van der Waals surface area contributed by atoms with Crippen molar-refractivity contribution in [3.63, 3.8) is 0 Å². The van der Waals surface area contributed by atoms with Crippen LogP contribution in [0.3, 0.4) is 0 Å². The highest BCUT2D eigenvalue weighted by Gasteiger charge is 2.30. The Bertz CT molecular complexity index is 1510. The number of nitrogens with zero attached hydrogens (tertiary/aromatic N) is 3. The Labute approximate surface area is 252 Å². The number of likely N-dealkylation sites (N-methyl/N-ethyl adjacent to an activating group) is 1. The predicted molar refractivity (Wildman–Crippen MR) is 160 cm³/mol. The molecule has 0 amide bonds. The molecule has 12 nitrogen and oxygen atoms in total. The zero-order valence-electron chi connectivity index (χ0n) is 22.4. The summed E-state index contributed by atoms with van der Waals surface area (Å²) in [5, 5.41) is 3.41. The van der Waals surface area contributed by atoms with Gasteiger partial charge in [-0.15, -0.1) is 24.8 Å². The van der Waals surface area contributed by atoms with Gasteiger partial charge in [0, 0.05) is 44.4 Å². The third kappa shape index (κ3) is 10.6. The van der Waals surface area contributed by atoms with Crippen molar-refractivity contribution in [2.45, 2.75) is 29.6 Å². The number of pyridine rings is 1. The van der Waals surface area contributed by atoms with Gasteiger partial charge in [0.25, 0.3) is 0 Å². The number of aromatic nitrogens is 1. The van der Waals surface area contributed by atoms with Crippen molar-refractivity contribution in [2.75, 3.05) is 26.8 Å². The first kappa shape index (κ1) is 35.7. The summed E-state index contributed by atoms with van der Waals surface area (Å²) in [6.45, 7) is 2.29. The molecule has 4 N–H and O–H groups in total. The lowest BCUT2D eigenvalue weighted by Crippen LogP contribution is -2.30. The first-order chi connectivity index (χ1) is 18.5. The van der Waals surface area contributed by atoms with Gasteiger partial charge in [0.15, 0.2) is 0 Å². The van der Waals surface area contributed by atoms with Gasteiger partial charge in [-0.2, -0.15) is 8.42 Å². The fourth-order valence-electron chi connectivity index (χ4n) is 3.43. The predicted octanol–water partition coefficient (Wildman–Crippen LogP) is 2.84. The molecule has 0 aliphatic carbocycles. The molecule has 2 aromatic carbocycles. The summed E-state index contributed by atoms with van der Waals surface area (Å²) >= 11 is 0. The van der Waals surface area contributed by atoms with Crippen molar-refractivity contribution in [1.29, 1.82) is 0 Å². The largest absolute Gasteiger partial charge is 0.493 e. The molecule has 0 unspecified atom stereocenters. The zero-order chi connectivity index (χ0) is 28.5. The summed E-state index contributed by atoms with van der Waals surface area (Å²) in [6, 6.07) is 15.3. The normalized spacial score (nSPS) is 11.1. The van der Waals surface area contributed by atoms with E-state index < -0.39 is 29.9 Å². The highest BCUT2D eigenvalue weighted by atomic mass is 35.5. The summed E-state index contributed by atoms with van der Waals surface area (Å²) < 4.78 is 65.3. The van der Waals surface area contributed by atoms with Gasteiger partial charge in [0.05, 0.1) is 6.61 Å².